The molecule has 22 heavy (non-hydrogen) atoms. The fourth-order valence-electron chi connectivity index (χ4n) is 2.65. The van der Waals surface area contributed by atoms with E-state index in [1.165, 1.54) is 6.92 Å². The van der Waals surface area contributed by atoms with Gasteiger partial charge < -0.3 is 15.3 Å². The summed E-state index contributed by atoms with van der Waals surface area (Å²) in [5.41, 5.74) is 2.19. The zero-order chi connectivity index (χ0) is 16.3. The predicted molar refractivity (Wildman–Crippen MR) is 84.0 cm³/mol. The fraction of sp³-hybridized carbons (Fsp3) is 0.529. The maximum atomic E-state index is 12.4. The third kappa shape index (κ3) is 3.65. The van der Waals surface area contributed by atoms with Gasteiger partial charge in [-0.15, -0.1) is 0 Å². The summed E-state index contributed by atoms with van der Waals surface area (Å²) in [7, 11) is 0. The minimum Gasteiger partial charge on any atom is -0.391 e. The number of hydrogen-bond acceptors (Lipinski definition) is 3. The summed E-state index contributed by atoms with van der Waals surface area (Å²) in [6.45, 7) is 5.94. The molecule has 2 unspecified atom stereocenters. The van der Waals surface area contributed by atoms with Crippen LogP contribution in [-0.4, -0.2) is 40.5 Å². The first-order valence-electron chi connectivity index (χ1n) is 7.70. The smallest absolute Gasteiger partial charge is 0.243 e. The van der Waals surface area contributed by atoms with Crippen LogP contribution in [-0.2, 0) is 22.6 Å². The molecule has 1 aromatic carbocycles. The molecule has 1 aromatic rings. The molecule has 2 atom stereocenters. The molecule has 0 aliphatic carbocycles. The number of aliphatic hydroxyl groups is 1. The molecule has 120 valence electrons. The zero-order valence-electron chi connectivity index (χ0n) is 13.4. The largest absolute Gasteiger partial charge is 0.391 e. The van der Waals surface area contributed by atoms with Crippen molar-refractivity contribution in [1.82, 2.24) is 10.2 Å². The standard InChI is InChI=1S/C17H24N2O3/c1-11(2)16(21)9-18-17(22)15-8-13-6-4-5-7-14(13)10-19(15)12(3)20/h4-7,11,15-16,21H,8-10H2,1-3H3,(H,18,22). The molecule has 1 heterocycles. The van der Waals surface area contributed by atoms with Crippen molar-refractivity contribution in [3.63, 3.8) is 0 Å². The lowest BCUT2D eigenvalue weighted by Gasteiger charge is -2.35. The Morgan fingerprint density at radius 3 is 2.55 bits per heavy atom. The van der Waals surface area contributed by atoms with E-state index in [4.69, 9.17) is 0 Å². The normalized spacial score (nSPS) is 18.8. The summed E-state index contributed by atoms with van der Waals surface area (Å²) in [5, 5.41) is 12.6. The van der Waals surface area contributed by atoms with Crippen LogP contribution in [0.5, 0.6) is 0 Å². The summed E-state index contributed by atoms with van der Waals surface area (Å²) >= 11 is 0. The number of carbonyl (C=O) groups excluding carboxylic acids is 2. The Hall–Kier alpha value is -1.88. The van der Waals surface area contributed by atoms with Crippen molar-refractivity contribution in [3.05, 3.63) is 35.4 Å². The Kier molecular flexibility index (Phi) is 5.19. The van der Waals surface area contributed by atoms with Gasteiger partial charge in [-0.3, -0.25) is 9.59 Å². The first-order chi connectivity index (χ1) is 10.4. The highest BCUT2D eigenvalue weighted by Gasteiger charge is 2.33. The molecular weight excluding hydrogens is 280 g/mol. The number of carbonyl (C=O) groups is 2. The van der Waals surface area contributed by atoms with Crippen LogP contribution in [0.25, 0.3) is 0 Å². The first kappa shape index (κ1) is 16.5. The van der Waals surface area contributed by atoms with E-state index in [1.807, 2.05) is 38.1 Å². The van der Waals surface area contributed by atoms with E-state index in [1.54, 1.807) is 4.90 Å². The molecule has 0 aromatic heterocycles. The van der Waals surface area contributed by atoms with E-state index < -0.39 is 12.1 Å². The topological polar surface area (TPSA) is 69.6 Å². The number of nitrogens with zero attached hydrogens (tertiary/aromatic N) is 1. The van der Waals surface area contributed by atoms with Crippen molar-refractivity contribution >= 4 is 11.8 Å². The summed E-state index contributed by atoms with van der Waals surface area (Å²) < 4.78 is 0. The van der Waals surface area contributed by atoms with Gasteiger partial charge in [-0.25, -0.2) is 0 Å². The van der Waals surface area contributed by atoms with Crippen molar-refractivity contribution in [2.45, 2.75) is 45.9 Å². The lowest BCUT2D eigenvalue weighted by Crippen LogP contribution is -2.53. The van der Waals surface area contributed by atoms with Crippen LogP contribution in [0.2, 0.25) is 0 Å². The van der Waals surface area contributed by atoms with Gasteiger partial charge in [-0.2, -0.15) is 0 Å². The van der Waals surface area contributed by atoms with Crippen molar-refractivity contribution in [1.29, 1.82) is 0 Å². The Balaban J connectivity index is 2.10. The average molecular weight is 304 g/mol. The van der Waals surface area contributed by atoms with Crippen LogP contribution in [0.4, 0.5) is 0 Å². The van der Waals surface area contributed by atoms with Crippen molar-refractivity contribution in [2.24, 2.45) is 5.92 Å². The van der Waals surface area contributed by atoms with Gasteiger partial charge in [0, 0.05) is 26.4 Å². The van der Waals surface area contributed by atoms with Gasteiger partial charge >= 0.3 is 0 Å². The lowest BCUT2D eigenvalue weighted by atomic mass is 9.93. The molecule has 0 spiro atoms. The molecule has 0 bridgehead atoms. The van der Waals surface area contributed by atoms with Crippen LogP contribution in [0.3, 0.4) is 0 Å². The molecule has 1 aliphatic heterocycles. The van der Waals surface area contributed by atoms with Crippen LogP contribution >= 0.6 is 0 Å². The number of amides is 2. The predicted octanol–water partition coefficient (Wildman–Crippen LogP) is 1.09. The molecule has 2 rings (SSSR count). The van der Waals surface area contributed by atoms with Crippen LogP contribution in [0, 0.1) is 5.92 Å². The van der Waals surface area contributed by atoms with Gasteiger partial charge in [0.15, 0.2) is 0 Å². The number of aliphatic hydroxyl groups excluding tert-OH is 1. The molecule has 0 fully saturated rings. The molecule has 5 nitrogen and oxygen atoms in total. The second-order valence-corrected chi connectivity index (χ2v) is 6.19. The number of hydrogen-bond donors (Lipinski definition) is 2. The first-order valence-corrected chi connectivity index (χ1v) is 7.70. The second kappa shape index (κ2) is 6.92. The van der Waals surface area contributed by atoms with Gasteiger partial charge in [0.25, 0.3) is 0 Å². The number of fused-ring (bicyclic) bond motifs is 1. The average Bonchev–Trinajstić information content (AvgIpc) is 2.50. The number of nitrogens with one attached hydrogen (secondary N) is 1. The minimum atomic E-state index is -0.578. The zero-order valence-corrected chi connectivity index (χ0v) is 13.4. The van der Waals surface area contributed by atoms with E-state index in [9.17, 15) is 14.7 Å². The minimum absolute atomic E-state index is 0.0799. The SMILES string of the molecule is CC(=O)N1Cc2ccccc2CC1C(=O)NCC(O)C(C)C. The van der Waals surface area contributed by atoms with Gasteiger partial charge in [0.1, 0.15) is 6.04 Å². The van der Waals surface area contributed by atoms with Crippen molar-refractivity contribution < 1.29 is 14.7 Å². The van der Waals surface area contributed by atoms with E-state index in [0.29, 0.717) is 13.0 Å². The molecule has 0 radical (unpaired) electrons. The Bertz CT molecular complexity index is 557. The van der Waals surface area contributed by atoms with Gasteiger partial charge in [-0.1, -0.05) is 38.1 Å². The van der Waals surface area contributed by atoms with E-state index in [0.717, 1.165) is 11.1 Å². The third-order valence-corrected chi connectivity index (χ3v) is 4.21. The Morgan fingerprint density at radius 2 is 1.95 bits per heavy atom. The van der Waals surface area contributed by atoms with Crippen LogP contribution < -0.4 is 5.32 Å². The lowest BCUT2D eigenvalue weighted by molar-refractivity contribution is -0.140. The highest BCUT2D eigenvalue weighted by Crippen LogP contribution is 2.23. The van der Waals surface area contributed by atoms with Crippen LogP contribution in [0.15, 0.2) is 24.3 Å². The summed E-state index contributed by atoms with van der Waals surface area (Å²) in [4.78, 5) is 25.9. The number of benzene rings is 1. The highest BCUT2D eigenvalue weighted by atomic mass is 16.3. The van der Waals surface area contributed by atoms with E-state index in [2.05, 4.69) is 5.32 Å². The van der Waals surface area contributed by atoms with Gasteiger partial charge in [0.05, 0.1) is 6.10 Å². The van der Waals surface area contributed by atoms with E-state index in [-0.39, 0.29) is 24.3 Å². The maximum absolute atomic E-state index is 12.4. The van der Waals surface area contributed by atoms with Crippen molar-refractivity contribution in [3.8, 4) is 0 Å². The molecule has 0 saturated carbocycles. The summed E-state index contributed by atoms with van der Waals surface area (Å²) in [5.74, 6) is -0.236. The second-order valence-electron chi connectivity index (χ2n) is 6.19. The fourth-order valence-corrected chi connectivity index (χ4v) is 2.65. The Morgan fingerprint density at radius 1 is 1.32 bits per heavy atom. The molecular formula is C17H24N2O3. The monoisotopic (exact) mass is 304 g/mol. The van der Waals surface area contributed by atoms with E-state index >= 15 is 0 Å². The highest BCUT2D eigenvalue weighted by molar-refractivity contribution is 5.87. The molecule has 2 N–H and O–H groups in total. The molecule has 5 heteroatoms. The van der Waals surface area contributed by atoms with Crippen molar-refractivity contribution in [2.75, 3.05) is 6.54 Å². The molecule has 0 saturated heterocycles. The van der Waals surface area contributed by atoms with Crippen LogP contribution in [0.1, 0.15) is 31.9 Å². The van der Waals surface area contributed by atoms with Gasteiger partial charge in [-0.05, 0) is 17.0 Å². The molecule has 2 amide bonds. The summed E-state index contributed by atoms with van der Waals surface area (Å²) in [6.07, 6.45) is -0.0649. The maximum Gasteiger partial charge on any atom is 0.243 e. The quantitative estimate of drug-likeness (QED) is 0.875. The summed E-state index contributed by atoms with van der Waals surface area (Å²) in [6, 6.07) is 7.36. The van der Waals surface area contributed by atoms with Gasteiger partial charge in [0.2, 0.25) is 11.8 Å². The number of rotatable bonds is 4. The molecule has 1 aliphatic rings. The third-order valence-electron chi connectivity index (χ3n) is 4.21. The Labute approximate surface area is 131 Å².